The van der Waals surface area contributed by atoms with Crippen molar-refractivity contribution < 1.29 is 14.8 Å². The second kappa shape index (κ2) is 31.4. The zero-order valence-electron chi connectivity index (χ0n) is 23.5. The Bertz CT molecular complexity index is 321. The summed E-state index contributed by atoms with van der Waals surface area (Å²) >= 11 is 0. The molecule has 0 rings (SSSR count). The molecule has 0 bridgehead atoms. The van der Waals surface area contributed by atoms with Crippen molar-refractivity contribution in [3.63, 3.8) is 0 Å². The van der Waals surface area contributed by atoms with E-state index in [0.717, 1.165) is 19.3 Å². The molecule has 0 fully saturated rings. The third kappa shape index (κ3) is 33.7. The van der Waals surface area contributed by atoms with Crippen molar-refractivity contribution in [1.82, 2.24) is 0 Å². The fourth-order valence-corrected chi connectivity index (χ4v) is 4.36. The van der Waals surface area contributed by atoms with Gasteiger partial charge in [0.25, 0.3) is 0 Å². The molecule has 1 N–H and O–H groups in total. The Balaban J connectivity index is 0. The summed E-state index contributed by atoms with van der Waals surface area (Å²) in [5.41, 5.74) is 0. The molecule has 33 heavy (non-hydrogen) atoms. The molecular weight excluding hydrogens is 406 g/mol. The van der Waals surface area contributed by atoms with Gasteiger partial charge >= 0.3 is 0 Å². The lowest BCUT2D eigenvalue weighted by molar-refractivity contribution is -0.900. The number of carboxylic acids is 1. The van der Waals surface area contributed by atoms with Crippen LogP contribution < -0.4 is 10.0 Å². The summed E-state index contributed by atoms with van der Waals surface area (Å²) in [5.74, 6) is -0.932. The van der Waals surface area contributed by atoms with E-state index in [2.05, 4.69) is 20.8 Å². The minimum atomic E-state index is -0.932. The van der Waals surface area contributed by atoms with Gasteiger partial charge in [-0.15, -0.1) is 0 Å². The van der Waals surface area contributed by atoms with E-state index in [1.807, 2.05) is 11.8 Å². The third-order valence-corrected chi connectivity index (χ3v) is 6.64. The molecule has 0 heterocycles. The van der Waals surface area contributed by atoms with Crippen LogP contribution in [0.15, 0.2) is 0 Å². The normalized spacial score (nSPS) is 10.9. The van der Waals surface area contributed by atoms with Gasteiger partial charge in [0.15, 0.2) is 0 Å². The van der Waals surface area contributed by atoms with Gasteiger partial charge in [-0.05, 0) is 51.4 Å². The Morgan fingerprint density at radius 1 is 0.455 bits per heavy atom. The number of quaternary nitrogens is 1. The van der Waals surface area contributed by atoms with Crippen LogP contribution in [0.3, 0.4) is 0 Å². The molecule has 0 saturated carbocycles. The van der Waals surface area contributed by atoms with E-state index in [0.29, 0.717) is 0 Å². The van der Waals surface area contributed by atoms with Crippen molar-refractivity contribution in [2.24, 2.45) is 0 Å². The summed E-state index contributed by atoms with van der Waals surface area (Å²) in [6.07, 6.45) is 29.0. The molecular formula is C30H63NO2. The van der Waals surface area contributed by atoms with Crippen molar-refractivity contribution >= 4 is 5.97 Å². The summed E-state index contributed by atoms with van der Waals surface area (Å²) in [4.78, 5) is 11.7. The fraction of sp³-hybridized carbons (Fsp3) is 0.967. The number of nitrogens with one attached hydrogen (secondary N) is 1. The average Bonchev–Trinajstić information content (AvgIpc) is 2.80. The van der Waals surface area contributed by atoms with Gasteiger partial charge in [0, 0.05) is 5.97 Å². The Kier molecular flexibility index (Phi) is 33.0. The molecule has 0 saturated heterocycles. The van der Waals surface area contributed by atoms with Crippen molar-refractivity contribution in [3.05, 3.63) is 0 Å². The minimum absolute atomic E-state index is 0.216. The van der Waals surface area contributed by atoms with E-state index in [4.69, 9.17) is 0 Å². The lowest BCUT2D eigenvalue weighted by Gasteiger charge is -2.20. The van der Waals surface area contributed by atoms with Crippen molar-refractivity contribution in [2.75, 3.05) is 19.6 Å². The number of rotatable bonds is 25. The van der Waals surface area contributed by atoms with Crippen molar-refractivity contribution in [3.8, 4) is 0 Å². The number of unbranched alkanes of at least 4 members (excludes halogenated alkanes) is 17. The molecule has 3 heteroatoms. The zero-order chi connectivity index (χ0) is 24.8. The molecule has 0 atom stereocenters. The monoisotopic (exact) mass is 469 g/mol. The van der Waals surface area contributed by atoms with E-state index in [9.17, 15) is 9.90 Å². The largest absolute Gasteiger partial charge is 0.550 e. The first-order chi connectivity index (χ1) is 16.1. The number of hydrogen-bond acceptors (Lipinski definition) is 2. The number of carbonyl (C=O) groups excluding carboxylic acids is 1. The Hall–Kier alpha value is -0.570. The summed E-state index contributed by atoms with van der Waals surface area (Å²) in [5, 5.41) is 9.76. The van der Waals surface area contributed by atoms with Gasteiger partial charge in [-0.25, -0.2) is 0 Å². The topological polar surface area (TPSA) is 44.6 Å². The van der Waals surface area contributed by atoms with E-state index >= 15 is 0 Å². The lowest BCUT2D eigenvalue weighted by atomic mass is 10.1. The van der Waals surface area contributed by atoms with Crippen LogP contribution >= 0.6 is 0 Å². The second-order valence-electron chi connectivity index (χ2n) is 10.1. The molecule has 200 valence electrons. The SMILES string of the molecule is CCCCCC(=O)[O-].CCCCCCCC[NH+](CCCCCCCC)CCCCCCCC. The smallest absolute Gasteiger partial charge is 0.0770 e. The highest BCUT2D eigenvalue weighted by molar-refractivity contribution is 5.63. The van der Waals surface area contributed by atoms with Gasteiger partial charge in [0.2, 0.25) is 0 Å². The van der Waals surface area contributed by atoms with E-state index < -0.39 is 5.97 Å². The van der Waals surface area contributed by atoms with Gasteiger partial charge in [-0.1, -0.05) is 118 Å². The molecule has 0 aromatic heterocycles. The Labute approximate surface area is 209 Å². The zero-order valence-corrected chi connectivity index (χ0v) is 23.5. The minimum Gasteiger partial charge on any atom is -0.550 e. The fourth-order valence-electron chi connectivity index (χ4n) is 4.36. The standard InChI is InChI=1S/C24H51N.C6H12O2/c1-4-7-10-13-16-19-22-25(23-20-17-14-11-8-5-2)24-21-18-15-12-9-6-3;1-2-3-4-5-6(7)8/h4-24H2,1-3H3;2-5H2,1H3,(H,7,8). The van der Waals surface area contributed by atoms with Crippen LogP contribution in [0, 0.1) is 0 Å². The highest BCUT2D eigenvalue weighted by atomic mass is 16.4. The number of carboxylic acid groups (broad SMARTS) is 1. The summed E-state index contributed by atoms with van der Waals surface area (Å²) in [6.45, 7) is 13.3. The van der Waals surface area contributed by atoms with E-state index in [1.54, 1.807) is 0 Å². The molecule has 0 unspecified atom stereocenters. The van der Waals surface area contributed by atoms with Crippen LogP contribution in [0.25, 0.3) is 0 Å². The molecule has 3 nitrogen and oxygen atoms in total. The van der Waals surface area contributed by atoms with E-state index in [1.165, 1.54) is 135 Å². The Morgan fingerprint density at radius 3 is 1.03 bits per heavy atom. The highest BCUT2D eigenvalue weighted by Crippen LogP contribution is 2.06. The molecule has 0 aromatic carbocycles. The number of hydrogen-bond donors (Lipinski definition) is 1. The summed E-state index contributed by atoms with van der Waals surface area (Å²) < 4.78 is 0. The third-order valence-electron chi connectivity index (χ3n) is 6.64. The van der Waals surface area contributed by atoms with Gasteiger partial charge in [-0.2, -0.15) is 0 Å². The maximum Gasteiger partial charge on any atom is 0.0770 e. The first kappa shape index (κ1) is 34.6. The van der Waals surface area contributed by atoms with Crippen LogP contribution in [0.1, 0.15) is 169 Å². The van der Waals surface area contributed by atoms with Crippen LogP contribution in [0.2, 0.25) is 0 Å². The molecule has 0 aliphatic rings. The second-order valence-corrected chi connectivity index (χ2v) is 10.1. The van der Waals surface area contributed by atoms with Gasteiger partial charge in [0.1, 0.15) is 0 Å². The van der Waals surface area contributed by atoms with Gasteiger partial charge < -0.3 is 14.8 Å². The average molecular weight is 470 g/mol. The van der Waals surface area contributed by atoms with Crippen molar-refractivity contribution in [1.29, 1.82) is 0 Å². The molecule has 0 spiro atoms. The summed E-state index contributed by atoms with van der Waals surface area (Å²) in [6, 6.07) is 0. The predicted molar refractivity (Wildman–Crippen MR) is 145 cm³/mol. The van der Waals surface area contributed by atoms with Crippen LogP contribution in [0.4, 0.5) is 0 Å². The Morgan fingerprint density at radius 2 is 0.727 bits per heavy atom. The maximum atomic E-state index is 9.76. The number of carbonyl (C=O) groups is 1. The van der Waals surface area contributed by atoms with Crippen LogP contribution in [0.5, 0.6) is 0 Å². The lowest BCUT2D eigenvalue weighted by Crippen LogP contribution is -3.12. The first-order valence-corrected chi connectivity index (χ1v) is 15.2. The van der Waals surface area contributed by atoms with Gasteiger partial charge in [-0.3, -0.25) is 0 Å². The quantitative estimate of drug-likeness (QED) is 0.143. The molecule has 0 radical (unpaired) electrons. The highest BCUT2D eigenvalue weighted by Gasteiger charge is 2.08. The van der Waals surface area contributed by atoms with E-state index in [-0.39, 0.29) is 6.42 Å². The predicted octanol–water partition coefficient (Wildman–Crippen LogP) is 7.27. The molecule has 0 aliphatic heterocycles. The molecule has 0 amide bonds. The first-order valence-electron chi connectivity index (χ1n) is 15.2. The van der Waals surface area contributed by atoms with Crippen LogP contribution in [-0.2, 0) is 4.79 Å². The maximum absolute atomic E-state index is 9.76. The van der Waals surface area contributed by atoms with Crippen LogP contribution in [-0.4, -0.2) is 25.6 Å². The summed E-state index contributed by atoms with van der Waals surface area (Å²) in [7, 11) is 0. The number of aliphatic carboxylic acids is 1. The van der Waals surface area contributed by atoms with Gasteiger partial charge in [0.05, 0.1) is 19.6 Å². The molecule has 0 aromatic rings. The van der Waals surface area contributed by atoms with Crippen molar-refractivity contribution in [2.45, 2.75) is 169 Å². The molecule has 0 aliphatic carbocycles.